The normalized spacial score (nSPS) is 11.2. The van der Waals surface area contributed by atoms with Gasteiger partial charge in [0, 0.05) is 30.4 Å². The molecule has 0 saturated carbocycles. The minimum absolute atomic E-state index is 0.266. The summed E-state index contributed by atoms with van der Waals surface area (Å²) < 4.78 is 17.0. The van der Waals surface area contributed by atoms with Crippen molar-refractivity contribution in [3.8, 4) is 17.1 Å². The van der Waals surface area contributed by atoms with Gasteiger partial charge >= 0.3 is 0 Å². The van der Waals surface area contributed by atoms with Crippen molar-refractivity contribution >= 4 is 22.7 Å². The number of hydrogen-bond acceptors (Lipinski definition) is 6. The van der Waals surface area contributed by atoms with Gasteiger partial charge in [-0.1, -0.05) is 6.92 Å². The molecule has 0 atom stereocenters. The molecule has 0 aliphatic heterocycles. The van der Waals surface area contributed by atoms with Crippen LogP contribution in [0.25, 0.3) is 28.1 Å². The molecule has 0 saturated heterocycles. The van der Waals surface area contributed by atoms with Gasteiger partial charge < -0.3 is 5.32 Å². The fourth-order valence-corrected chi connectivity index (χ4v) is 3.90. The lowest BCUT2D eigenvalue weighted by atomic mass is 10.1. The Morgan fingerprint density at radius 2 is 1.84 bits per heavy atom. The lowest BCUT2D eigenvalue weighted by Crippen LogP contribution is -2.03. The summed E-state index contributed by atoms with van der Waals surface area (Å²) in [5.74, 6) is 1.65. The molecule has 1 N–H and O–H groups in total. The molecule has 32 heavy (non-hydrogen) atoms. The zero-order chi connectivity index (χ0) is 22.2. The Bertz CT molecular complexity index is 1420. The fraction of sp³-hybridized carbons (Fsp3) is 0.174. The van der Waals surface area contributed by atoms with Crippen molar-refractivity contribution in [3.05, 3.63) is 72.1 Å². The number of aryl methyl sites for hydroxylation is 2. The molecule has 0 fully saturated rings. The van der Waals surface area contributed by atoms with Gasteiger partial charge in [-0.15, -0.1) is 0 Å². The fourth-order valence-electron chi connectivity index (χ4n) is 3.90. The summed E-state index contributed by atoms with van der Waals surface area (Å²) in [4.78, 5) is 13.2. The summed E-state index contributed by atoms with van der Waals surface area (Å²) in [7, 11) is 1.88. The average molecular weight is 428 g/mol. The molecule has 5 aromatic rings. The Balaban J connectivity index is 1.53. The predicted molar refractivity (Wildman–Crippen MR) is 120 cm³/mol. The van der Waals surface area contributed by atoms with Crippen LogP contribution in [-0.4, -0.2) is 34.5 Å². The minimum Gasteiger partial charge on any atom is -0.323 e. The molecule has 0 aliphatic rings. The highest BCUT2D eigenvalue weighted by molar-refractivity contribution is 5.79. The average Bonchev–Trinajstić information content (AvgIpc) is 3.31. The van der Waals surface area contributed by atoms with E-state index >= 15 is 0 Å². The van der Waals surface area contributed by atoms with Gasteiger partial charge in [-0.05, 0) is 49.7 Å². The quantitative estimate of drug-likeness (QED) is 0.448. The van der Waals surface area contributed by atoms with Crippen molar-refractivity contribution in [1.29, 1.82) is 0 Å². The molecule has 0 radical (unpaired) electrons. The lowest BCUT2D eigenvalue weighted by Gasteiger charge is -2.08. The second-order valence-corrected chi connectivity index (χ2v) is 7.41. The first-order valence-corrected chi connectivity index (χ1v) is 10.3. The summed E-state index contributed by atoms with van der Waals surface area (Å²) in [6.45, 7) is 3.98. The highest BCUT2D eigenvalue weighted by Gasteiger charge is 2.18. The van der Waals surface area contributed by atoms with Crippen molar-refractivity contribution in [2.45, 2.75) is 20.3 Å². The van der Waals surface area contributed by atoms with Crippen LogP contribution >= 0.6 is 0 Å². The predicted octanol–water partition coefficient (Wildman–Crippen LogP) is 4.36. The van der Waals surface area contributed by atoms with E-state index in [-0.39, 0.29) is 5.82 Å². The van der Waals surface area contributed by atoms with E-state index in [0.29, 0.717) is 17.5 Å². The Hall–Kier alpha value is -4.14. The maximum absolute atomic E-state index is 13.4. The Labute approximate surface area is 183 Å². The molecule has 0 unspecified atom stereocenters. The van der Waals surface area contributed by atoms with E-state index in [1.807, 2.05) is 32.2 Å². The number of pyridine rings is 1. The summed E-state index contributed by atoms with van der Waals surface area (Å²) in [5, 5.41) is 12.6. The Morgan fingerprint density at radius 3 is 2.62 bits per heavy atom. The van der Waals surface area contributed by atoms with Crippen LogP contribution in [0.5, 0.6) is 0 Å². The second-order valence-electron chi connectivity index (χ2n) is 7.41. The third-order valence-corrected chi connectivity index (χ3v) is 5.34. The van der Waals surface area contributed by atoms with E-state index < -0.39 is 0 Å². The van der Waals surface area contributed by atoms with E-state index in [2.05, 4.69) is 37.4 Å². The number of benzene rings is 1. The van der Waals surface area contributed by atoms with Crippen LogP contribution in [0.15, 0.2) is 55.0 Å². The number of nitrogens with one attached hydrogen (secondary N) is 1. The molecule has 0 bridgehead atoms. The summed E-state index contributed by atoms with van der Waals surface area (Å²) in [5.41, 5.74) is 5.40. The van der Waals surface area contributed by atoms with E-state index in [1.54, 1.807) is 27.7 Å². The summed E-state index contributed by atoms with van der Waals surface area (Å²) >= 11 is 0. The van der Waals surface area contributed by atoms with Crippen LogP contribution < -0.4 is 5.32 Å². The monoisotopic (exact) mass is 428 g/mol. The van der Waals surface area contributed by atoms with Crippen LogP contribution in [0.2, 0.25) is 0 Å². The van der Waals surface area contributed by atoms with Crippen LogP contribution in [-0.2, 0) is 13.5 Å². The number of fused-ring (bicyclic) bond motifs is 1. The molecule has 4 aromatic heterocycles. The Kier molecular flexibility index (Phi) is 4.85. The standard InChI is InChI=1S/C23H21FN8/c1-4-17-22(15-7-9-16(24)10-8-15)31(3)30-23(17)28-19-12-20(27-13-26-19)32-18-6-5-11-25-21(18)14(2)29-32/h5-13H,4H2,1-3H3,(H,26,27,28,30). The molecular weight excluding hydrogens is 407 g/mol. The molecule has 5 rings (SSSR count). The maximum atomic E-state index is 13.4. The van der Waals surface area contributed by atoms with Gasteiger partial charge in [-0.3, -0.25) is 9.67 Å². The van der Waals surface area contributed by atoms with Gasteiger partial charge in [-0.2, -0.15) is 10.2 Å². The third kappa shape index (κ3) is 3.37. The first-order chi connectivity index (χ1) is 15.5. The molecule has 160 valence electrons. The molecule has 0 amide bonds. The SMILES string of the molecule is CCc1c(Nc2cc(-n3nc(C)c4ncccc43)ncn2)nn(C)c1-c1ccc(F)cc1. The van der Waals surface area contributed by atoms with Crippen LogP contribution in [0, 0.1) is 12.7 Å². The number of rotatable bonds is 5. The number of hydrogen-bond donors (Lipinski definition) is 1. The van der Waals surface area contributed by atoms with Crippen molar-refractivity contribution in [2.75, 3.05) is 5.32 Å². The minimum atomic E-state index is -0.266. The van der Waals surface area contributed by atoms with Crippen molar-refractivity contribution < 1.29 is 4.39 Å². The largest absolute Gasteiger partial charge is 0.323 e. The van der Waals surface area contributed by atoms with E-state index in [4.69, 9.17) is 0 Å². The van der Waals surface area contributed by atoms with Gasteiger partial charge in [0.2, 0.25) is 0 Å². The van der Waals surface area contributed by atoms with Gasteiger partial charge in [0.15, 0.2) is 11.6 Å². The zero-order valence-electron chi connectivity index (χ0n) is 17.9. The van der Waals surface area contributed by atoms with E-state index in [0.717, 1.165) is 40.0 Å². The molecular formula is C23H21FN8. The number of anilines is 2. The van der Waals surface area contributed by atoms with Gasteiger partial charge in [-0.25, -0.2) is 19.0 Å². The van der Waals surface area contributed by atoms with Crippen molar-refractivity contribution in [1.82, 2.24) is 34.5 Å². The third-order valence-electron chi connectivity index (χ3n) is 5.34. The molecule has 1 aromatic carbocycles. The number of halogens is 1. The molecule has 0 aliphatic carbocycles. The van der Waals surface area contributed by atoms with Crippen LogP contribution in [0.1, 0.15) is 18.2 Å². The van der Waals surface area contributed by atoms with E-state index in [9.17, 15) is 4.39 Å². The number of aromatic nitrogens is 7. The molecule has 8 nitrogen and oxygen atoms in total. The summed E-state index contributed by atoms with van der Waals surface area (Å²) in [6, 6.07) is 12.1. The second kappa shape index (κ2) is 7.84. The Morgan fingerprint density at radius 1 is 1.03 bits per heavy atom. The van der Waals surface area contributed by atoms with Crippen LogP contribution in [0.3, 0.4) is 0 Å². The van der Waals surface area contributed by atoms with Crippen LogP contribution in [0.4, 0.5) is 16.0 Å². The maximum Gasteiger partial charge on any atom is 0.159 e. The van der Waals surface area contributed by atoms with E-state index in [1.165, 1.54) is 18.5 Å². The molecule has 9 heteroatoms. The summed E-state index contributed by atoms with van der Waals surface area (Å²) in [6.07, 6.45) is 3.99. The highest BCUT2D eigenvalue weighted by Crippen LogP contribution is 2.31. The smallest absolute Gasteiger partial charge is 0.159 e. The molecule has 4 heterocycles. The first kappa shape index (κ1) is 19.8. The number of nitrogens with zero attached hydrogens (tertiary/aromatic N) is 7. The first-order valence-electron chi connectivity index (χ1n) is 10.3. The van der Waals surface area contributed by atoms with Gasteiger partial charge in [0.05, 0.1) is 16.9 Å². The van der Waals surface area contributed by atoms with Crippen molar-refractivity contribution in [2.24, 2.45) is 7.05 Å². The topological polar surface area (TPSA) is 86.3 Å². The highest BCUT2D eigenvalue weighted by atomic mass is 19.1. The van der Waals surface area contributed by atoms with Crippen molar-refractivity contribution in [3.63, 3.8) is 0 Å². The lowest BCUT2D eigenvalue weighted by molar-refractivity contribution is 0.628. The molecule has 0 spiro atoms. The zero-order valence-corrected chi connectivity index (χ0v) is 17.9. The van der Waals surface area contributed by atoms with Gasteiger partial charge in [0.25, 0.3) is 0 Å². The van der Waals surface area contributed by atoms with Gasteiger partial charge in [0.1, 0.15) is 23.5 Å².